The molecule has 0 aliphatic rings. The van der Waals surface area contributed by atoms with E-state index in [0.29, 0.717) is 30.5 Å². The van der Waals surface area contributed by atoms with Crippen molar-refractivity contribution in [2.45, 2.75) is 148 Å². The first-order chi connectivity index (χ1) is 26.1. The first-order valence-corrected chi connectivity index (χ1v) is 20.9. The summed E-state index contributed by atoms with van der Waals surface area (Å²) in [5.41, 5.74) is 8.55. The van der Waals surface area contributed by atoms with Gasteiger partial charge in [0, 0.05) is 24.8 Å². The molecule has 4 aromatic carbocycles. The van der Waals surface area contributed by atoms with E-state index in [4.69, 9.17) is 0 Å². The predicted octanol–water partition coefficient (Wildman–Crippen LogP) is 14.2. The molecule has 0 spiro atoms. The summed E-state index contributed by atoms with van der Waals surface area (Å²) in [5.74, 6) is 3.61. The number of aryl methyl sites for hydroxylation is 1. The lowest BCUT2D eigenvalue weighted by Gasteiger charge is -2.06. The molecule has 0 radical (unpaired) electrons. The molecule has 0 atom stereocenters. The molecule has 0 amide bonds. The molecule has 0 aliphatic carbocycles. The highest BCUT2D eigenvalue weighted by molar-refractivity contribution is 5.94. The van der Waals surface area contributed by atoms with Crippen molar-refractivity contribution in [1.82, 2.24) is 0 Å². The van der Waals surface area contributed by atoms with Crippen molar-refractivity contribution in [3.8, 4) is 0 Å². The summed E-state index contributed by atoms with van der Waals surface area (Å²) >= 11 is 0. The highest BCUT2D eigenvalue weighted by atomic mass is 16.1. The zero-order chi connectivity index (χ0) is 41.2. The smallest absolute Gasteiger partial charge is 0.159 e. The Labute approximate surface area is 344 Å². The van der Waals surface area contributed by atoms with Crippen molar-refractivity contribution in [3.05, 3.63) is 142 Å². The lowest BCUT2D eigenvalue weighted by atomic mass is 9.99. The quantitative estimate of drug-likeness (QED) is 0.0795. The maximum Gasteiger partial charge on any atom is 0.159 e. The minimum Gasteiger partial charge on any atom is -0.300 e. The molecule has 3 heteroatoms. The molecule has 0 heterocycles. The second-order valence-corrected chi connectivity index (χ2v) is 16.8. The van der Waals surface area contributed by atoms with Crippen LogP contribution in [0.15, 0.2) is 103 Å². The molecule has 0 saturated heterocycles. The fourth-order valence-corrected chi connectivity index (χ4v) is 6.03. The Hall–Kier alpha value is -4.11. The van der Waals surface area contributed by atoms with Crippen molar-refractivity contribution in [1.29, 1.82) is 0 Å². The summed E-state index contributed by atoms with van der Waals surface area (Å²) in [6, 6.07) is 35.2. The van der Waals surface area contributed by atoms with Gasteiger partial charge in [-0.05, 0) is 103 Å². The topological polar surface area (TPSA) is 51.2 Å². The van der Waals surface area contributed by atoms with Crippen LogP contribution in [0, 0.1) is 23.7 Å². The van der Waals surface area contributed by atoms with Crippen LogP contribution in [0.25, 0.3) is 0 Å². The fraction of sp³-hybridized carbons (Fsp3) is 0.491. The predicted molar refractivity (Wildman–Crippen MR) is 244 cm³/mol. The van der Waals surface area contributed by atoms with E-state index in [-0.39, 0.29) is 19.0 Å². The Kier molecular flexibility index (Phi) is 27.9. The van der Waals surface area contributed by atoms with Crippen LogP contribution < -0.4 is 0 Å². The number of carbonyl (C=O) groups excluding carboxylic acids is 3. The number of rotatable bonds is 17. The van der Waals surface area contributed by atoms with Gasteiger partial charge in [0.15, 0.2) is 5.78 Å². The van der Waals surface area contributed by atoms with E-state index in [0.717, 1.165) is 60.6 Å². The minimum atomic E-state index is 0. The van der Waals surface area contributed by atoms with Crippen LogP contribution in [-0.4, -0.2) is 17.3 Å². The van der Waals surface area contributed by atoms with E-state index in [1.807, 2.05) is 54.6 Å². The molecule has 0 N–H and O–H groups in total. The van der Waals surface area contributed by atoms with Gasteiger partial charge < -0.3 is 4.79 Å². The fourth-order valence-electron chi connectivity index (χ4n) is 6.03. The van der Waals surface area contributed by atoms with Gasteiger partial charge in [0.05, 0.1) is 0 Å². The minimum absolute atomic E-state index is 0. The molecular formula is C53H78O3. The zero-order valence-electron chi connectivity index (χ0n) is 36.4. The average Bonchev–Trinajstić information content (AvgIpc) is 3.12. The van der Waals surface area contributed by atoms with Gasteiger partial charge in [0.2, 0.25) is 0 Å². The van der Waals surface area contributed by atoms with Gasteiger partial charge in [-0.2, -0.15) is 0 Å². The largest absolute Gasteiger partial charge is 0.300 e. The summed E-state index contributed by atoms with van der Waals surface area (Å²) in [4.78, 5) is 33.5. The summed E-state index contributed by atoms with van der Waals surface area (Å²) in [6.07, 6.45) is 9.87. The van der Waals surface area contributed by atoms with Gasteiger partial charge in [-0.1, -0.05) is 186 Å². The molecule has 56 heavy (non-hydrogen) atoms. The van der Waals surface area contributed by atoms with Gasteiger partial charge in [0.1, 0.15) is 11.6 Å². The monoisotopic (exact) mass is 763 g/mol. The average molecular weight is 763 g/mol. The van der Waals surface area contributed by atoms with Gasteiger partial charge in [0.25, 0.3) is 0 Å². The van der Waals surface area contributed by atoms with Crippen molar-refractivity contribution in [2.75, 3.05) is 0 Å². The number of carbonyl (C=O) groups is 3. The van der Waals surface area contributed by atoms with Crippen molar-refractivity contribution >= 4 is 17.3 Å². The maximum absolute atomic E-state index is 12.0. The molecule has 0 fully saturated rings. The molecular weight excluding hydrogens is 685 g/mol. The van der Waals surface area contributed by atoms with Crippen LogP contribution in [0.5, 0.6) is 0 Å². The third-order valence-electron chi connectivity index (χ3n) is 8.95. The van der Waals surface area contributed by atoms with Crippen molar-refractivity contribution in [2.24, 2.45) is 23.7 Å². The second-order valence-electron chi connectivity index (χ2n) is 16.8. The zero-order valence-corrected chi connectivity index (χ0v) is 36.4. The number of unbranched alkanes of at least 4 members (excludes halogenated alkanes) is 1. The Bertz CT molecular complexity index is 1590. The molecule has 0 aromatic heterocycles. The Morgan fingerprint density at radius 2 is 0.839 bits per heavy atom. The number of Topliss-reactive ketones (excluding diaryl/α,β-unsaturated/α-hetero) is 3. The molecule has 0 aliphatic heterocycles. The van der Waals surface area contributed by atoms with Crippen molar-refractivity contribution < 1.29 is 14.4 Å². The number of ketones is 3. The maximum atomic E-state index is 12.0. The lowest BCUT2D eigenvalue weighted by Crippen LogP contribution is -2.06. The molecule has 0 unspecified atom stereocenters. The van der Waals surface area contributed by atoms with E-state index in [1.54, 1.807) is 13.8 Å². The Morgan fingerprint density at radius 3 is 1.20 bits per heavy atom. The standard InChI is InChI=1S/C19H22O.C12H16O.C12H18.C9H18O.CH4/c1-15(2)12-17-8-10-18(11-9-17)14-19(20)13-16-6-4-3-5-7-16;1-9(2)8-11-4-6-12(7-5-11)10(3)13;1-4-11-5-7-12(8-6-11)9-10(2)3;1-8(2)6-4-5-7-9(3)10;/h3-11,15H,12-14H2,1-2H3;4-7,9H,8H2,1-3H3;5-8,10H,4,9H2,1-3H3;8H,4-7H2,1-3H3;1H4. The van der Waals surface area contributed by atoms with E-state index >= 15 is 0 Å². The molecule has 0 saturated carbocycles. The van der Waals surface area contributed by atoms with Gasteiger partial charge >= 0.3 is 0 Å². The number of benzene rings is 4. The van der Waals surface area contributed by atoms with Crippen molar-refractivity contribution in [3.63, 3.8) is 0 Å². The summed E-state index contributed by atoms with van der Waals surface area (Å²) in [7, 11) is 0. The van der Waals surface area contributed by atoms with Gasteiger partial charge in [-0.25, -0.2) is 0 Å². The molecule has 308 valence electrons. The first kappa shape index (κ1) is 51.9. The SMILES string of the molecule is C.CC(=O)CCCCC(C)C.CC(=O)c1ccc(CC(C)C)cc1.CC(C)Cc1ccc(CC(=O)Cc2ccccc2)cc1.CCc1ccc(CC(C)C)cc1. The highest BCUT2D eigenvalue weighted by Gasteiger charge is 2.06. The molecule has 4 aromatic rings. The van der Waals surface area contributed by atoms with Crippen LogP contribution >= 0.6 is 0 Å². The summed E-state index contributed by atoms with van der Waals surface area (Å²) in [6.45, 7) is 23.2. The van der Waals surface area contributed by atoms with E-state index in [9.17, 15) is 14.4 Å². The second kappa shape index (κ2) is 30.1. The normalized spacial score (nSPS) is 10.4. The number of hydrogen-bond acceptors (Lipinski definition) is 3. The van der Waals surface area contributed by atoms with E-state index < -0.39 is 0 Å². The number of hydrogen-bond donors (Lipinski definition) is 0. The first-order valence-electron chi connectivity index (χ1n) is 20.9. The molecule has 4 rings (SSSR count). The van der Waals surface area contributed by atoms with Crippen LogP contribution in [-0.2, 0) is 48.1 Å². The van der Waals surface area contributed by atoms with E-state index in [1.165, 1.54) is 41.5 Å². The Balaban J connectivity index is 0.000000745. The van der Waals surface area contributed by atoms with Crippen LogP contribution in [0.3, 0.4) is 0 Å². The van der Waals surface area contributed by atoms with Gasteiger partial charge in [-0.15, -0.1) is 0 Å². The third kappa shape index (κ3) is 26.7. The van der Waals surface area contributed by atoms with Crippen LogP contribution in [0.1, 0.15) is 153 Å². The summed E-state index contributed by atoms with van der Waals surface area (Å²) < 4.78 is 0. The van der Waals surface area contributed by atoms with E-state index in [2.05, 4.69) is 111 Å². The highest BCUT2D eigenvalue weighted by Crippen LogP contribution is 2.13. The Morgan fingerprint density at radius 1 is 0.464 bits per heavy atom. The van der Waals surface area contributed by atoms with Gasteiger partial charge in [-0.3, -0.25) is 9.59 Å². The lowest BCUT2D eigenvalue weighted by molar-refractivity contribution is -0.118. The molecule has 3 nitrogen and oxygen atoms in total. The third-order valence-corrected chi connectivity index (χ3v) is 8.95. The van der Waals surface area contributed by atoms with Crippen LogP contribution in [0.4, 0.5) is 0 Å². The molecule has 0 bridgehead atoms. The van der Waals surface area contributed by atoms with Crippen LogP contribution in [0.2, 0.25) is 0 Å². The summed E-state index contributed by atoms with van der Waals surface area (Å²) in [5, 5.41) is 0.